The zero-order valence-electron chi connectivity index (χ0n) is 10.8. The zero-order chi connectivity index (χ0) is 13.1. The summed E-state index contributed by atoms with van der Waals surface area (Å²) < 4.78 is 4.54. The maximum atomic E-state index is 11.9. The van der Waals surface area contributed by atoms with Crippen molar-refractivity contribution in [1.82, 2.24) is 4.90 Å². The van der Waals surface area contributed by atoms with Crippen LogP contribution in [0.15, 0.2) is 24.3 Å². The van der Waals surface area contributed by atoms with Gasteiger partial charge in [0.05, 0.1) is 5.56 Å². The molecule has 0 unspecified atom stereocenters. The van der Waals surface area contributed by atoms with Gasteiger partial charge in [0, 0.05) is 25.3 Å². The van der Waals surface area contributed by atoms with Gasteiger partial charge in [-0.1, -0.05) is 18.2 Å². The Morgan fingerprint density at radius 3 is 2.33 bits per heavy atom. The number of amides is 1. The highest BCUT2D eigenvalue weighted by atomic mass is 16.5. The summed E-state index contributed by atoms with van der Waals surface area (Å²) in [6, 6.07) is 7.66. The molecule has 2 aliphatic rings. The molecular weight excluding hydrogens is 228 g/mol. The summed E-state index contributed by atoms with van der Waals surface area (Å²) in [5.41, 5.74) is 1.47. The molecule has 1 heterocycles. The molecule has 4 nitrogen and oxygen atoms in total. The van der Waals surface area contributed by atoms with Gasteiger partial charge in [0.1, 0.15) is 5.84 Å². The Labute approximate surface area is 107 Å². The van der Waals surface area contributed by atoms with Crippen molar-refractivity contribution in [2.45, 2.75) is 25.8 Å². The van der Waals surface area contributed by atoms with Gasteiger partial charge in [-0.05, 0) is 25.8 Å². The van der Waals surface area contributed by atoms with E-state index in [1.807, 2.05) is 25.1 Å². The minimum Gasteiger partial charge on any atom is -0.385 e. The fourth-order valence-electron chi connectivity index (χ4n) is 1.92. The maximum absolute atomic E-state index is 11.9. The van der Waals surface area contributed by atoms with E-state index in [0.29, 0.717) is 17.4 Å². The van der Waals surface area contributed by atoms with Crippen molar-refractivity contribution >= 4 is 11.7 Å². The Kier molecular flexibility index (Phi) is 3.77. The van der Waals surface area contributed by atoms with Gasteiger partial charge in [0.25, 0.3) is 5.91 Å². The van der Waals surface area contributed by atoms with Crippen LogP contribution in [-0.4, -0.2) is 36.4 Å². The SMILES string of the molecule is CCOC.N=C1c2ccccc2C(=O)N1C1CC1. The van der Waals surface area contributed by atoms with E-state index in [1.165, 1.54) is 0 Å². The van der Waals surface area contributed by atoms with Gasteiger partial charge < -0.3 is 4.74 Å². The number of fused-ring (bicyclic) bond motifs is 1. The predicted molar refractivity (Wildman–Crippen MR) is 70.0 cm³/mol. The van der Waals surface area contributed by atoms with E-state index in [1.54, 1.807) is 18.1 Å². The summed E-state index contributed by atoms with van der Waals surface area (Å²) in [5, 5.41) is 7.89. The second-order valence-electron chi connectivity index (χ2n) is 4.38. The first-order valence-corrected chi connectivity index (χ1v) is 6.21. The number of benzene rings is 1. The molecule has 1 amide bonds. The average molecular weight is 246 g/mol. The van der Waals surface area contributed by atoms with E-state index in [0.717, 1.165) is 25.0 Å². The molecule has 1 aromatic rings. The lowest BCUT2D eigenvalue weighted by Gasteiger charge is -2.13. The van der Waals surface area contributed by atoms with Gasteiger partial charge in [-0.25, -0.2) is 0 Å². The third-order valence-corrected chi connectivity index (χ3v) is 3.07. The zero-order valence-corrected chi connectivity index (χ0v) is 10.8. The van der Waals surface area contributed by atoms with Crippen LogP contribution < -0.4 is 0 Å². The van der Waals surface area contributed by atoms with Gasteiger partial charge >= 0.3 is 0 Å². The summed E-state index contributed by atoms with van der Waals surface area (Å²) in [5.74, 6) is 0.390. The number of nitrogens with zero attached hydrogens (tertiary/aromatic N) is 1. The van der Waals surface area contributed by atoms with Crippen LogP contribution in [0.1, 0.15) is 35.7 Å². The van der Waals surface area contributed by atoms with Crippen LogP contribution in [0, 0.1) is 5.41 Å². The van der Waals surface area contributed by atoms with Crippen LogP contribution >= 0.6 is 0 Å². The number of carbonyl (C=O) groups excluding carboxylic acids is 1. The van der Waals surface area contributed by atoms with Gasteiger partial charge in [0.15, 0.2) is 0 Å². The molecule has 1 aliphatic carbocycles. The average Bonchev–Trinajstić information content (AvgIpc) is 3.20. The number of methoxy groups -OCH3 is 1. The molecule has 1 saturated carbocycles. The van der Waals surface area contributed by atoms with Crippen molar-refractivity contribution in [3.05, 3.63) is 35.4 Å². The standard InChI is InChI=1S/C11H10N2O.C3H8O/c12-10-8-3-1-2-4-9(8)11(14)13(10)7-5-6-7;1-3-4-2/h1-4,7,12H,5-6H2;3H2,1-2H3. The molecule has 0 radical (unpaired) electrons. The van der Waals surface area contributed by atoms with Crippen molar-refractivity contribution in [2.75, 3.05) is 13.7 Å². The third kappa shape index (κ3) is 2.29. The molecule has 0 saturated heterocycles. The highest BCUT2D eigenvalue weighted by molar-refractivity contribution is 6.22. The van der Waals surface area contributed by atoms with Crippen molar-refractivity contribution in [3.8, 4) is 0 Å². The second-order valence-corrected chi connectivity index (χ2v) is 4.38. The van der Waals surface area contributed by atoms with Crippen molar-refractivity contribution < 1.29 is 9.53 Å². The van der Waals surface area contributed by atoms with Crippen LogP contribution in [0.5, 0.6) is 0 Å². The minimum absolute atomic E-state index is 0.00750. The van der Waals surface area contributed by atoms with Crippen molar-refractivity contribution in [1.29, 1.82) is 5.41 Å². The number of rotatable bonds is 2. The monoisotopic (exact) mass is 246 g/mol. The molecule has 0 atom stereocenters. The minimum atomic E-state index is 0.00750. The molecular formula is C14H18N2O2. The van der Waals surface area contributed by atoms with E-state index in [4.69, 9.17) is 5.41 Å². The van der Waals surface area contributed by atoms with Crippen LogP contribution in [0.25, 0.3) is 0 Å². The van der Waals surface area contributed by atoms with Gasteiger partial charge in [-0.3, -0.25) is 15.1 Å². The molecule has 0 aromatic heterocycles. The lowest BCUT2D eigenvalue weighted by atomic mass is 10.1. The molecule has 1 fully saturated rings. The number of nitrogens with one attached hydrogen (secondary N) is 1. The fraction of sp³-hybridized carbons (Fsp3) is 0.429. The van der Waals surface area contributed by atoms with Crippen LogP contribution in [-0.2, 0) is 4.74 Å². The van der Waals surface area contributed by atoms with E-state index < -0.39 is 0 Å². The molecule has 18 heavy (non-hydrogen) atoms. The van der Waals surface area contributed by atoms with E-state index in [9.17, 15) is 4.79 Å². The first-order chi connectivity index (χ1) is 8.70. The van der Waals surface area contributed by atoms with E-state index in [-0.39, 0.29) is 5.91 Å². The second kappa shape index (κ2) is 5.31. The molecule has 1 N–H and O–H groups in total. The smallest absolute Gasteiger partial charge is 0.260 e. The van der Waals surface area contributed by atoms with Gasteiger partial charge in [-0.15, -0.1) is 0 Å². The largest absolute Gasteiger partial charge is 0.385 e. The van der Waals surface area contributed by atoms with Crippen molar-refractivity contribution in [3.63, 3.8) is 0 Å². The normalized spacial score (nSPS) is 17.3. The summed E-state index contributed by atoms with van der Waals surface area (Å²) in [6.07, 6.45) is 2.09. The van der Waals surface area contributed by atoms with E-state index >= 15 is 0 Å². The highest BCUT2D eigenvalue weighted by Crippen LogP contribution is 2.34. The highest BCUT2D eigenvalue weighted by Gasteiger charge is 2.41. The van der Waals surface area contributed by atoms with E-state index in [2.05, 4.69) is 4.74 Å². The third-order valence-electron chi connectivity index (χ3n) is 3.07. The number of hydrogen-bond donors (Lipinski definition) is 1. The van der Waals surface area contributed by atoms with Crippen LogP contribution in [0.3, 0.4) is 0 Å². The fourth-order valence-corrected chi connectivity index (χ4v) is 1.92. The summed E-state index contributed by atoms with van der Waals surface area (Å²) in [6.45, 7) is 2.78. The first-order valence-electron chi connectivity index (χ1n) is 6.21. The number of amidine groups is 1. The molecule has 1 aliphatic heterocycles. The summed E-state index contributed by atoms with van der Waals surface area (Å²) in [7, 11) is 1.68. The molecule has 4 heteroatoms. The Balaban J connectivity index is 0.000000267. The Hall–Kier alpha value is -1.68. The predicted octanol–water partition coefficient (Wildman–Crippen LogP) is 2.28. The number of carbonyl (C=O) groups is 1. The lowest BCUT2D eigenvalue weighted by molar-refractivity contribution is 0.0852. The topological polar surface area (TPSA) is 53.4 Å². The number of hydrogen-bond acceptors (Lipinski definition) is 3. The molecule has 3 rings (SSSR count). The van der Waals surface area contributed by atoms with Gasteiger partial charge in [0.2, 0.25) is 0 Å². The molecule has 0 bridgehead atoms. The summed E-state index contributed by atoms with van der Waals surface area (Å²) in [4.78, 5) is 13.5. The van der Waals surface area contributed by atoms with Gasteiger partial charge in [-0.2, -0.15) is 0 Å². The maximum Gasteiger partial charge on any atom is 0.260 e. The quantitative estimate of drug-likeness (QED) is 0.870. The summed E-state index contributed by atoms with van der Waals surface area (Å²) >= 11 is 0. The van der Waals surface area contributed by atoms with Crippen molar-refractivity contribution in [2.24, 2.45) is 0 Å². The van der Waals surface area contributed by atoms with Crippen LogP contribution in [0.2, 0.25) is 0 Å². The Morgan fingerprint density at radius 1 is 1.33 bits per heavy atom. The molecule has 96 valence electrons. The van der Waals surface area contributed by atoms with Crippen LogP contribution in [0.4, 0.5) is 0 Å². The molecule has 1 aromatic carbocycles. The molecule has 0 spiro atoms. The lowest BCUT2D eigenvalue weighted by Crippen LogP contribution is -2.31. The number of ether oxygens (including phenoxy) is 1. The Morgan fingerprint density at radius 2 is 1.89 bits per heavy atom. The Bertz CT molecular complexity index is 430. The first kappa shape index (κ1) is 12.8.